The molecule has 2 unspecified atom stereocenters. The van der Waals surface area contributed by atoms with Gasteiger partial charge in [0.25, 0.3) is 0 Å². The maximum Gasteiger partial charge on any atom is 0.110 e. The molecule has 1 aliphatic heterocycles. The molecule has 1 aromatic heterocycles. The Morgan fingerprint density at radius 1 is 1.59 bits per heavy atom. The smallest absolute Gasteiger partial charge is 0.110 e. The van der Waals surface area contributed by atoms with E-state index < -0.39 is 0 Å². The number of rotatable bonds is 5. The summed E-state index contributed by atoms with van der Waals surface area (Å²) in [6, 6.07) is 0. The molecule has 0 aromatic carbocycles. The molecule has 4 heteroatoms. The summed E-state index contributed by atoms with van der Waals surface area (Å²) < 4.78 is 7.61. The van der Waals surface area contributed by atoms with Crippen LogP contribution in [0.4, 0.5) is 0 Å². The predicted molar refractivity (Wildman–Crippen MR) is 65.7 cm³/mol. The van der Waals surface area contributed by atoms with E-state index in [1.165, 1.54) is 12.8 Å². The topological polar surface area (TPSA) is 47.3 Å². The van der Waals surface area contributed by atoms with E-state index >= 15 is 0 Å². The average molecular weight is 238 g/mol. The zero-order valence-electron chi connectivity index (χ0n) is 10.5. The second-order valence-corrected chi connectivity index (χ2v) is 4.88. The quantitative estimate of drug-likeness (QED) is 0.849. The van der Waals surface area contributed by atoms with Crippen molar-refractivity contribution in [2.24, 2.45) is 7.05 Å². The molecule has 17 heavy (non-hydrogen) atoms. The van der Waals surface area contributed by atoms with Gasteiger partial charge >= 0.3 is 0 Å². The number of aliphatic hydroxyl groups is 1. The summed E-state index contributed by atoms with van der Waals surface area (Å²) >= 11 is 0. The fourth-order valence-corrected chi connectivity index (χ4v) is 2.32. The summed E-state index contributed by atoms with van der Waals surface area (Å²) in [5, 5.41) is 9.97. The van der Waals surface area contributed by atoms with E-state index in [9.17, 15) is 5.11 Å². The highest BCUT2D eigenvalue weighted by Crippen LogP contribution is 2.18. The van der Waals surface area contributed by atoms with Crippen molar-refractivity contribution in [1.29, 1.82) is 0 Å². The minimum atomic E-state index is -0.304. The number of hydrogen-bond donors (Lipinski definition) is 1. The number of ether oxygens (including phenoxy) is 1. The number of nitrogens with zero attached hydrogens (tertiary/aromatic N) is 2. The van der Waals surface area contributed by atoms with Crippen molar-refractivity contribution in [2.75, 3.05) is 6.61 Å². The Bertz CT molecular complexity index is 332. The molecule has 0 amide bonds. The largest absolute Gasteiger partial charge is 0.393 e. The van der Waals surface area contributed by atoms with Crippen LogP contribution < -0.4 is 0 Å². The van der Waals surface area contributed by atoms with Crippen molar-refractivity contribution in [3.05, 3.63) is 18.2 Å². The molecule has 0 spiro atoms. The van der Waals surface area contributed by atoms with E-state index in [0.29, 0.717) is 12.5 Å². The second kappa shape index (κ2) is 6.17. The molecule has 0 bridgehead atoms. The molecule has 1 fully saturated rings. The highest BCUT2D eigenvalue weighted by Gasteiger charge is 2.16. The highest BCUT2D eigenvalue weighted by molar-refractivity contribution is 4.93. The maximum absolute atomic E-state index is 9.97. The molecular formula is C13H22N2O2. The van der Waals surface area contributed by atoms with E-state index in [0.717, 1.165) is 31.7 Å². The third-order valence-electron chi connectivity index (χ3n) is 3.44. The third kappa shape index (κ3) is 3.82. The number of aliphatic hydroxyl groups excluding tert-OH is 1. The molecule has 0 radical (unpaired) electrons. The standard InChI is InChI=1S/C13H22N2O2/c1-15-8-7-14-13(15)10-11(16)5-6-12-4-2-3-9-17-12/h7-8,11-12,16H,2-6,9-10H2,1H3. The average Bonchev–Trinajstić information content (AvgIpc) is 2.74. The number of aromatic nitrogens is 2. The van der Waals surface area contributed by atoms with Crippen molar-refractivity contribution in [3.63, 3.8) is 0 Å². The molecular weight excluding hydrogens is 216 g/mol. The number of aryl methyl sites for hydroxylation is 1. The zero-order chi connectivity index (χ0) is 12.1. The van der Waals surface area contributed by atoms with E-state index in [1.807, 2.05) is 17.8 Å². The molecule has 1 N–H and O–H groups in total. The molecule has 0 saturated carbocycles. The summed E-state index contributed by atoms with van der Waals surface area (Å²) in [6.07, 6.45) is 9.74. The second-order valence-electron chi connectivity index (χ2n) is 4.88. The van der Waals surface area contributed by atoms with Crippen molar-refractivity contribution in [1.82, 2.24) is 9.55 Å². The first-order chi connectivity index (χ1) is 8.25. The first-order valence-electron chi connectivity index (χ1n) is 6.51. The molecule has 0 aliphatic carbocycles. The van der Waals surface area contributed by atoms with Gasteiger partial charge in [0.1, 0.15) is 5.82 Å². The Balaban J connectivity index is 1.70. The lowest BCUT2D eigenvalue weighted by Crippen LogP contribution is -2.22. The number of imidazole rings is 1. The van der Waals surface area contributed by atoms with Gasteiger partial charge in [-0.05, 0) is 32.1 Å². The van der Waals surface area contributed by atoms with Crippen LogP contribution in [0, 0.1) is 0 Å². The van der Waals surface area contributed by atoms with Gasteiger partial charge in [-0.2, -0.15) is 0 Å². The van der Waals surface area contributed by atoms with Crippen LogP contribution in [0.3, 0.4) is 0 Å². The van der Waals surface area contributed by atoms with Crippen LogP contribution in [-0.2, 0) is 18.2 Å². The van der Waals surface area contributed by atoms with Gasteiger partial charge in [0.2, 0.25) is 0 Å². The SMILES string of the molecule is Cn1ccnc1CC(O)CCC1CCCCO1. The Labute approximate surface area is 103 Å². The van der Waals surface area contributed by atoms with Crippen molar-refractivity contribution in [2.45, 2.75) is 50.7 Å². The third-order valence-corrected chi connectivity index (χ3v) is 3.44. The Hall–Kier alpha value is -0.870. The van der Waals surface area contributed by atoms with Crippen LogP contribution >= 0.6 is 0 Å². The fourth-order valence-electron chi connectivity index (χ4n) is 2.32. The van der Waals surface area contributed by atoms with Crippen molar-refractivity contribution < 1.29 is 9.84 Å². The molecule has 96 valence electrons. The minimum absolute atomic E-state index is 0.304. The predicted octanol–water partition coefficient (Wildman–Crippen LogP) is 1.67. The van der Waals surface area contributed by atoms with Crippen molar-refractivity contribution >= 4 is 0 Å². The first-order valence-corrected chi connectivity index (χ1v) is 6.51. The van der Waals surface area contributed by atoms with Gasteiger partial charge in [-0.25, -0.2) is 4.98 Å². The highest BCUT2D eigenvalue weighted by atomic mass is 16.5. The zero-order valence-corrected chi connectivity index (χ0v) is 10.5. The lowest BCUT2D eigenvalue weighted by atomic mass is 10.0. The molecule has 2 atom stereocenters. The van der Waals surface area contributed by atoms with Gasteiger partial charge < -0.3 is 14.4 Å². The van der Waals surface area contributed by atoms with Crippen molar-refractivity contribution in [3.8, 4) is 0 Å². The maximum atomic E-state index is 9.97. The van der Waals surface area contributed by atoms with Gasteiger partial charge in [0.15, 0.2) is 0 Å². The Morgan fingerprint density at radius 2 is 2.47 bits per heavy atom. The van der Waals surface area contributed by atoms with Crippen LogP contribution in [0.1, 0.15) is 37.9 Å². The van der Waals surface area contributed by atoms with Gasteiger partial charge in [-0.3, -0.25) is 0 Å². The monoisotopic (exact) mass is 238 g/mol. The van der Waals surface area contributed by atoms with E-state index in [1.54, 1.807) is 6.20 Å². The molecule has 1 aliphatic rings. The Morgan fingerprint density at radius 3 is 3.12 bits per heavy atom. The van der Waals surface area contributed by atoms with Crippen LogP contribution in [-0.4, -0.2) is 33.5 Å². The summed E-state index contributed by atoms with van der Waals surface area (Å²) in [7, 11) is 1.96. The van der Waals surface area contributed by atoms with Crippen LogP contribution in [0.15, 0.2) is 12.4 Å². The normalized spacial score (nSPS) is 22.6. The summed E-state index contributed by atoms with van der Waals surface area (Å²) in [4.78, 5) is 4.22. The van der Waals surface area contributed by atoms with Crippen LogP contribution in [0.2, 0.25) is 0 Å². The van der Waals surface area contributed by atoms with Crippen LogP contribution in [0.5, 0.6) is 0 Å². The molecule has 2 heterocycles. The minimum Gasteiger partial charge on any atom is -0.393 e. The van der Waals surface area contributed by atoms with E-state index in [-0.39, 0.29) is 6.10 Å². The lowest BCUT2D eigenvalue weighted by molar-refractivity contribution is 0.00218. The van der Waals surface area contributed by atoms with Crippen LogP contribution in [0.25, 0.3) is 0 Å². The molecule has 1 saturated heterocycles. The molecule has 2 rings (SSSR count). The van der Waals surface area contributed by atoms with E-state index in [2.05, 4.69) is 4.98 Å². The molecule has 1 aromatic rings. The van der Waals surface area contributed by atoms with Gasteiger partial charge in [-0.15, -0.1) is 0 Å². The Kier molecular flexibility index (Phi) is 4.57. The molecule has 4 nitrogen and oxygen atoms in total. The first kappa shape index (κ1) is 12.6. The van der Waals surface area contributed by atoms with Gasteiger partial charge in [-0.1, -0.05) is 0 Å². The van der Waals surface area contributed by atoms with Gasteiger partial charge in [0.05, 0.1) is 12.2 Å². The summed E-state index contributed by atoms with van der Waals surface area (Å²) in [6.45, 7) is 0.889. The van der Waals surface area contributed by atoms with Gasteiger partial charge in [0, 0.05) is 32.5 Å². The summed E-state index contributed by atoms with van der Waals surface area (Å²) in [5.41, 5.74) is 0. The van der Waals surface area contributed by atoms with E-state index in [4.69, 9.17) is 4.74 Å². The fraction of sp³-hybridized carbons (Fsp3) is 0.769. The summed E-state index contributed by atoms with van der Waals surface area (Å²) in [5.74, 6) is 0.946. The number of hydrogen-bond acceptors (Lipinski definition) is 3. The lowest BCUT2D eigenvalue weighted by Gasteiger charge is -2.23.